The Morgan fingerprint density at radius 2 is 1.94 bits per heavy atom. The van der Waals surface area contributed by atoms with Gasteiger partial charge in [0.25, 0.3) is 0 Å². The molecule has 1 fully saturated rings. The monoisotopic (exact) mass is 474 g/mol. The zero-order chi connectivity index (χ0) is 23.4. The Labute approximate surface area is 190 Å². The van der Waals surface area contributed by atoms with E-state index in [2.05, 4.69) is 15.5 Å². The predicted octanol–water partition coefficient (Wildman–Crippen LogP) is 2.60. The number of hydrogen-bond acceptors (Lipinski definition) is 7. The molecule has 1 aliphatic rings. The zero-order valence-electron chi connectivity index (χ0n) is 17.9. The highest BCUT2D eigenvalue weighted by Gasteiger charge is 2.33. The van der Waals surface area contributed by atoms with Gasteiger partial charge in [-0.1, -0.05) is 5.16 Å². The molecule has 2 aromatic carbocycles. The van der Waals surface area contributed by atoms with E-state index in [1.165, 1.54) is 16.4 Å². The van der Waals surface area contributed by atoms with Crippen LogP contribution in [0, 0.1) is 11.7 Å². The van der Waals surface area contributed by atoms with Crippen LogP contribution in [-0.2, 0) is 21.4 Å². The van der Waals surface area contributed by atoms with E-state index in [-0.39, 0.29) is 29.8 Å². The normalized spacial score (nSPS) is 17.0. The summed E-state index contributed by atoms with van der Waals surface area (Å²) in [6, 6.07) is 11.8. The van der Waals surface area contributed by atoms with Crippen molar-refractivity contribution in [3.63, 3.8) is 0 Å². The minimum absolute atomic E-state index is 0.00174. The van der Waals surface area contributed by atoms with Crippen LogP contribution in [0.1, 0.15) is 18.7 Å². The summed E-state index contributed by atoms with van der Waals surface area (Å²) in [6.45, 7) is 0.383. The van der Waals surface area contributed by atoms with Crippen LogP contribution < -0.4 is 10.1 Å². The number of rotatable bonds is 7. The van der Waals surface area contributed by atoms with E-state index in [1.54, 1.807) is 31.4 Å². The summed E-state index contributed by atoms with van der Waals surface area (Å²) in [4.78, 5) is 17.0. The molecule has 0 radical (unpaired) electrons. The lowest BCUT2D eigenvalue weighted by Crippen LogP contribution is -2.45. The Balaban J connectivity index is 1.36. The van der Waals surface area contributed by atoms with Gasteiger partial charge < -0.3 is 14.6 Å². The van der Waals surface area contributed by atoms with Crippen molar-refractivity contribution >= 4 is 15.9 Å². The molecule has 0 bridgehead atoms. The fourth-order valence-electron chi connectivity index (χ4n) is 3.62. The molecule has 3 aromatic rings. The molecular weight excluding hydrogens is 451 g/mol. The van der Waals surface area contributed by atoms with Crippen LogP contribution in [0.4, 0.5) is 4.39 Å². The molecule has 1 aromatic heterocycles. The van der Waals surface area contributed by atoms with Crippen molar-refractivity contribution in [1.29, 1.82) is 0 Å². The number of ether oxygens (including phenoxy) is 1. The Morgan fingerprint density at radius 3 is 2.64 bits per heavy atom. The molecular formula is C22H23FN4O5S. The fourth-order valence-corrected chi connectivity index (χ4v) is 5.15. The first-order chi connectivity index (χ1) is 15.9. The van der Waals surface area contributed by atoms with Crippen molar-refractivity contribution in [3.05, 3.63) is 60.2 Å². The number of benzene rings is 2. The molecule has 11 heteroatoms. The molecule has 1 saturated heterocycles. The number of hydrogen-bond donors (Lipinski definition) is 1. The number of carbonyl (C=O) groups is 1. The fraction of sp³-hybridized carbons (Fsp3) is 0.318. The molecule has 1 N–H and O–H groups in total. The third-order valence-corrected chi connectivity index (χ3v) is 7.32. The average molecular weight is 475 g/mol. The van der Waals surface area contributed by atoms with E-state index in [4.69, 9.17) is 9.26 Å². The zero-order valence-corrected chi connectivity index (χ0v) is 18.7. The number of piperidine rings is 1. The molecule has 1 aliphatic heterocycles. The van der Waals surface area contributed by atoms with Gasteiger partial charge in [-0.3, -0.25) is 4.79 Å². The second-order valence-electron chi connectivity index (χ2n) is 7.61. The van der Waals surface area contributed by atoms with Gasteiger partial charge in [0.1, 0.15) is 11.6 Å². The first-order valence-electron chi connectivity index (χ1n) is 10.4. The summed E-state index contributed by atoms with van der Waals surface area (Å²) in [7, 11) is -2.23. The van der Waals surface area contributed by atoms with Gasteiger partial charge in [0.2, 0.25) is 27.6 Å². The Kier molecular flexibility index (Phi) is 6.70. The van der Waals surface area contributed by atoms with Gasteiger partial charge in [-0.05, 0) is 61.4 Å². The first-order valence-corrected chi connectivity index (χ1v) is 11.8. The second kappa shape index (κ2) is 9.67. The van der Waals surface area contributed by atoms with Gasteiger partial charge in [-0.2, -0.15) is 9.29 Å². The molecule has 0 aliphatic carbocycles. The van der Waals surface area contributed by atoms with Gasteiger partial charge in [0.15, 0.2) is 0 Å². The molecule has 0 spiro atoms. The number of aromatic nitrogens is 2. The van der Waals surface area contributed by atoms with Crippen LogP contribution in [-0.4, -0.2) is 49.0 Å². The third kappa shape index (κ3) is 5.20. The standard InChI is InChI=1S/C22H23FN4O5S/c1-31-18-8-4-15(5-9-18)21-25-20(32-26-21)13-24-22(28)16-3-2-12-27(14-16)33(29,30)19-10-6-17(23)7-11-19/h4-11,16H,2-3,12-14H2,1H3,(H,24,28)/t16-/m1/s1. The van der Waals surface area contributed by atoms with Crippen LogP contribution in [0.15, 0.2) is 57.9 Å². The van der Waals surface area contributed by atoms with Crippen LogP contribution in [0.5, 0.6) is 5.75 Å². The van der Waals surface area contributed by atoms with E-state index in [0.717, 1.165) is 17.7 Å². The average Bonchev–Trinajstić information content (AvgIpc) is 3.32. The van der Waals surface area contributed by atoms with Crippen molar-refractivity contribution in [1.82, 2.24) is 19.8 Å². The molecule has 174 valence electrons. The van der Waals surface area contributed by atoms with Crippen molar-refractivity contribution in [2.75, 3.05) is 20.2 Å². The number of nitrogens with one attached hydrogen (secondary N) is 1. The lowest BCUT2D eigenvalue weighted by molar-refractivity contribution is -0.126. The molecule has 0 unspecified atom stereocenters. The number of amides is 1. The summed E-state index contributed by atoms with van der Waals surface area (Å²) in [5.74, 6) is 0.00628. The minimum Gasteiger partial charge on any atom is -0.497 e. The summed E-state index contributed by atoms with van der Waals surface area (Å²) in [6.07, 6.45) is 1.10. The predicted molar refractivity (Wildman–Crippen MR) is 116 cm³/mol. The minimum atomic E-state index is -3.81. The molecule has 1 atom stereocenters. The van der Waals surface area contributed by atoms with Crippen LogP contribution in [0.3, 0.4) is 0 Å². The molecule has 2 heterocycles. The highest BCUT2D eigenvalue weighted by molar-refractivity contribution is 7.89. The van der Waals surface area contributed by atoms with Crippen molar-refractivity contribution < 1.29 is 26.9 Å². The largest absolute Gasteiger partial charge is 0.497 e. The van der Waals surface area contributed by atoms with Gasteiger partial charge in [-0.25, -0.2) is 12.8 Å². The smallest absolute Gasteiger partial charge is 0.246 e. The number of halogens is 1. The third-order valence-electron chi connectivity index (χ3n) is 5.44. The first kappa shape index (κ1) is 22.9. The number of sulfonamides is 1. The molecule has 33 heavy (non-hydrogen) atoms. The van der Waals surface area contributed by atoms with Crippen LogP contribution in [0.2, 0.25) is 0 Å². The van der Waals surface area contributed by atoms with Crippen LogP contribution >= 0.6 is 0 Å². The van der Waals surface area contributed by atoms with Gasteiger partial charge in [0, 0.05) is 18.7 Å². The number of methoxy groups -OCH3 is 1. The summed E-state index contributed by atoms with van der Waals surface area (Å²) in [5.41, 5.74) is 0.742. The van der Waals surface area contributed by atoms with Gasteiger partial charge in [-0.15, -0.1) is 0 Å². The molecule has 1 amide bonds. The van der Waals surface area contributed by atoms with Crippen molar-refractivity contribution in [2.24, 2.45) is 5.92 Å². The Morgan fingerprint density at radius 1 is 1.21 bits per heavy atom. The van der Waals surface area contributed by atoms with Gasteiger partial charge >= 0.3 is 0 Å². The van der Waals surface area contributed by atoms with E-state index >= 15 is 0 Å². The summed E-state index contributed by atoms with van der Waals surface area (Å²) >= 11 is 0. The lowest BCUT2D eigenvalue weighted by Gasteiger charge is -2.31. The maximum Gasteiger partial charge on any atom is 0.246 e. The van der Waals surface area contributed by atoms with E-state index in [1.807, 2.05) is 0 Å². The van der Waals surface area contributed by atoms with Crippen LogP contribution in [0.25, 0.3) is 11.4 Å². The Bertz CT molecular complexity index is 1210. The SMILES string of the molecule is COc1ccc(-c2noc(CNC(=O)[C@@H]3CCCN(S(=O)(=O)c4ccc(F)cc4)C3)n2)cc1. The Hall–Kier alpha value is -3.31. The molecule has 0 saturated carbocycles. The molecule has 9 nitrogen and oxygen atoms in total. The van der Waals surface area contributed by atoms with E-state index in [9.17, 15) is 17.6 Å². The van der Waals surface area contributed by atoms with E-state index < -0.39 is 21.8 Å². The maximum atomic E-state index is 13.2. The van der Waals surface area contributed by atoms with E-state index in [0.29, 0.717) is 31.0 Å². The highest BCUT2D eigenvalue weighted by atomic mass is 32.2. The van der Waals surface area contributed by atoms with Crippen molar-refractivity contribution in [3.8, 4) is 17.1 Å². The topological polar surface area (TPSA) is 115 Å². The van der Waals surface area contributed by atoms with Crippen molar-refractivity contribution in [2.45, 2.75) is 24.3 Å². The molecule has 4 rings (SSSR count). The maximum absolute atomic E-state index is 13.2. The summed E-state index contributed by atoms with van der Waals surface area (Å²) < 4.78 is 50.5. The highest BCUT2D eigenvalue weighted by Crippen LogP contribution is 2.24. The second-order valence-corrected chi connectivity index (χ2v) is 9.55. The van der Waals surface area contributed by atoms with Gasteiger partial charge in [0.05, 0.1) is 24.5 Å². The lowest BCUT2D eigenvalue weighted by atomic mass is 9.99. The summed E-state index contributed by atoms with van der Waals surface area (Å²) in [5, 5.41) is 6.67. The quantitative estimate of drug-likeness (QED) is 0.560. The number of carbonyl (C=O) groups excluding carboxylic acids is 1. The number of nitrogens with zero attached hydrogens (tertiary/aromatic N) is 3.